The number of aromatic amines is 1. The molecule has 1 saturated heterocycles. The Hall–Kier alpha value is -1.80. The molecule has 106 valence electrons. The van der Waals surface area contributed by atoms with E-state index < -0.39 is 15.7 Å². The van der Waals surface area contributed by atoms with Crippen LogP contribution >= 0.6 is 0 Å². The van der Waals surface area contributed by atoms with Crippen LogP contribution in [-0.4, -0.2) is 37.9 Å². The van der Waals surface area contributed by atoms with Crippen LogP contribution in [0.3, 0.4) is 0 Å². The standard InChI is InChI=1S/C12H14N4O3S/c17-16(18)9-1-2-10-11(5-9)15-12(14-10)20(19)7-8-3-4-13-6-8/h1-2,5,8,13H,3-4,6-7H2,(H,14,15). The maximum absolute atomic E-state index is 12.2. The molecular formula is C12H14N4O3S. The first-order valence-electron chi connectivity index (χ1n) is 6.37. The molecule has 1 aliphatic heterocycles. The molecule has 1 aromatic carbocycles. The van der Waals surface area contributed by atoms with Gasteiger partial charge in [-0.25, -0.2) is 4.98 Å². The van der Waals surface area contributed by atoms with Crippen molar-refractivity contribution in [2.24, 2.45) is 5.92 Å². The van der Waals surface area contributed by atoms with E-state index in [1.807, 2.05) is 0 Å². The molecule has 2 atom stereocenters. The van der Waals surface area contributed by atoms with Crippen LogP contribution in [0.25, 0.3) is 11.0 Å². The summed E-state index contributed by atoms with van der Waals surface area (Å²) in [5, 5.41) is 14.4. The van der Waals surface area contributed by atoms with Gasteiger partial charge >= 0.3 is 0 Å². The third-order valence-corrected chi connectivity index (χ3v) is 4.82. The van der Waals surface area contributed by atoms with Crippen LogP contribution in [0.4, 0.5) is 5.69 Å². The van der Waals surface area contributed by atoms with Crippen LogP contribution in [0.5, 0.6) is 0 Å². The van der Waals surface area contributed by atoms with Crippen LogP contribution in [0.15, 0.2) is 23.4 Å². The van der Waals surface area contributed by atoms with Crippen LogP contribution in [0, 0.1) is 16.0 Å². The first kappa shape index (κ1) is 13.2. The van der Waals surface area contributed by atoms with E-state index in [2.05, 4.69) is 15.3 Å². The normalized spacial score (nSPS) is 20.3. The summed E-state index contributed by atoms with van der Waals surface area (Å²) in [6.07, 6.45) is 1.03. The molecule has 3 rings (SSSR count). The van der Waals surface area contributed by atoms with Crippen molar-refractivity contribution in [1.29, 1.82) is 0 Å². The number of rotatable bonds is 4. The van der Waals surface area contributed by atoms with Crippen LogP contribution in [0.1, 0.15) is 6.42 Å². The molecule has 8 heteroatoms. The zero-order valence-corrected chi connectivity index (χ0v) is 11.5. The Kier molecular flexibility index (Phi) is 3.49. The fourth-order valence-electron chi connectivity index (χ4n) is 2.35. The van der Waals surface area contributed by atoms with Gasteiger partial charge in [-0.3, -0.25) is 14.3 Å². The molecule has 1 fully saturated rings. The lowest BCUT2D eigenvalue weighted by molar-refractivity contribution is -0.384. The summed E-state index contributed by atoms with van der Waals surface area (Å²) in [4.78, 5) is 17.4. The monoisotopic (exact) mass is 294 g/mol. The Morgan fingerprint density at radius 1 is 1.50 bits per heavy atom. The van der Waals surface area contributed by atoms with Gasteiger partial charge in [-0.15, -0.1) is 0 Å². The minimum absolute atomic E-state index is 0.00141. The summed E-state index contributed by atoms with van der Waals surface area (Å²) in [7, 11) is -1.20. The van der Waals surface area contributed by atoms with Crippen molar-refractivity contribution in [3.8, 4) is 0 Å². The van der Waals surface area contributed by atoms with Gasteiger partial charge in [-0.05, 0) is 31.5 Å². The van der Waals surface area contributed by atoms with Crippen molar-refractivity contribution in [3.63, 3.8) is 0 Å². The lowest BCUT2D eigenvalue weighted by Crippen LogP contribution is -2.15. The smallest absolute Gasteiger partial charge is 0.271 e. The van der Waals surface area contributed by atoms with E-state index in [0.717, 1.165) is 19.5 Å². The highest BCUT2D eigenvalue weighted by atomic mass is 32.2. The topological polar surface area (TPSA) is 101 Å². The number of fused-ring (bicyclic) bond motifs is 1. The van der Waals surface area contributed by atoms with E-state index in [0.29, 0.717) is 27.9 Å². The maximum atomic E-state index is 12.2. The van der Waals surface area contributed by atoms with E-state index in [4.69, 9.17) is 0 Å². The largest absolute Gasteiger partial charge is 0.331 e. The van der Waals surface area contributed by atoms with E-state index in [9.17, 15) is 14.3 Å². The second-order valence-corrected chi connectivity index (χ2v) is 6.28. The van der Waals surface area contributed by atoms with E-state index in [1.165, 1.54) is 12.1 Å². The highest BCUT2D eigenvalue weighted by molar-refractivity contribution is 7.84. The Morgan fingerprint density at radius 3 is 3.05 bits per heavy atom. The number of nitro benzene ring substituents is 1. The Balaban J connectivity index is 1.84. The molecule has 2 aromatic rings. The highest BCUT2D eigenvalue weighted by Crippen LogP contribution is 2.21. The third-order valence-electron chi connectivity index (χ3n) is 3.42. The Bertz CT molecular complexity index is 678. The van der Waals surface area contributed by atoms with Gasteiger partial charge in [0.25, 0.3) is 5.69 Å². The maximum Gasteiger partial charge on any atom is 0.271 e. The first-order chi connectivity index (χ1) is 9.63. The number of benzene rings is 1. The second kappa shape index (κ2) is 5.29. The molecule has 0 aliphatic carbocycles. The Labute approximate surface area is 117 Å². The van der Waals surface area contributed by atoms with Crippen LogP contribution < -0.4 is 5.32 Å². The molecule has 2 unspecified atom stereocenters. The van der Waals surface area contributed by atoms with Gasteiger partial charge in [0, 0.05) is 17.9 Å². The summed E-state index contributed by atoms with van der Waals surface area (Å²) >= 11 is 0. The minimum atomic E-state index is -1.20. The molecule has 20 heavy (non-hydrogen) atoms. The van der Waals surface area contributed by atoms with E-state index in [1.54, 1.807) is 6.07 Å². The summed E-state index contributed by atoms with van der Waals surface area (Å²) < 4.78 is 12.2. The number of hydrogen-bond donors (Lipinski definition) is 2. The molecule has 0 spiro atoms. The SMILES string of the molecule is O=[N+]([O-])c1ccc2nc(S(=O)CC3CCNC3)[nH]c2c1. The summed E-state index contributed by atoms with van der Waals surface area (Å²) in [6, 6.07) is 4.39. The quantitative estimate of drug-likeness (QED) is 0.651. The van der Waals surface area contributed by atoms with Crippen molar-refractivity contribution in [1.82, 2.24) is 15.3 Å². The highest BCUT2D eigenvalue weighted by Gasteiger charge is 2.20. The number of imidazole rings is 1. The van der Waals surface area contributed by atoms with Gasteiger partial charge in [-0.1, -0.05) is 0 Å². The summed E-state index contributed by atoms with van der Waals surface area (Å²) in [5.41, 5.74) is 1.15. The molecule has 0 amide bonds. The van der Waals surface area contributed by atoms with Crippen molar-refractivity contribution in [3.05, 3.63) is 28.3 Å². The van der Waals surface area contributed by atoms with Gasteiger partial charge in [0.1, 0.15) is 0 Å². The number of hydrogen-bond acceptors (Lipinski definition) is 5. The third kappa shape index (κ3) is 2.56. The van der Waals surface area contributed by atoms with E-state index in [-0.39, 0.29) is 5.69 Å². The molecule has 1 aromatic heterocycles. The predicted molar refractivity (Wildman–Crippen MR) is 75.0 cm³/mol. The van der Waals surface area contributed by atoms with Crippen molar-refractivity contribution < 1.29 is 9.13 Å². The number of nitrogens with zero attached hydrogens (tertiary/aromatic N) is 2. The molecule has 2 heterocycles. The second-order valence-electron chi connectivity index (χ2n) is 4.87. The van der Waals surface area contributed by atoms with Gasteiger partial charge < -0.3 is 10.3 Å². The zero-order valence-electron chi connectivity index (χ0n) is 10.7. The Morgan fingerprint density at radius 2 is 2.35 bits per heavy atom. The average Bonchev–Trinajstić information content (AvgIpc) is 3.05. The zero-order chi connectivity index (χ0) is 14.1. The van der Waals surface area contributed by atoms with Crippen LogP contribution in [-0.2, 0) is 10.8 Å². The fourth-order valence-corrected chi connectivity index (χ4v) is 3.64. The number of nitrogens with one attached hydrogen (secondary N) is 2. The molecular weight excluding hydrogens is 280 g/mol. The van der Waals surface area contributed by atoms with E-state index >= 15 is 0 Å². The number of nitro groups is 1. The van der Waals surface area contributed by atoms with Gasteiger partial charge in [-0.2, -0.15) is 0 Å². The lowest BCUT2D eigenvalue weighted by atomic mass is 10.2. The van der Waals surface area contributed by atoms with Gasteiger partial charge in [0.2, 0.25) is 0 Å². The molecule has 2 N–H and O–H groups in total. The molecule has 1 aliphatic rings. The first-order valence-corrected chi connectivity index (χ1v) is 7.68. The molecule has 0 radical (unpaired) electrons. The predicted octanol–water partition coefficient (Wildman–Crippen LogP) is 1.19. The van der Waals surface area contributed by atoms with Crippen molar-refractivity contribution in [2.75, 3.05) is 18.8 Å². The summed E-state index contributed by atoms with van der Waals surface area (Å²) in [5.74, 6) is 0.966. The number of non-ortho nitro benzene ring substituents is 1. The molecule has 0 bridgehead atoms. The lowest BCUT2D eigenvalue weighted by Gasteiger charge is -2.05. The number of H-pyrrole nitrogens is 1. The average molecular weight is 294 g/mol. The molecule has 0 saturated carbocycles. The van der Waals surface area contributed by atoms with Crippen LogP contribution in [0.2, 0.25) is 0 Å². The molecule has 7 nitrogen and oxygen atoms in total. The number of aromatic nitrogens is 2. The van der Waals surface area contributed by atoms with Crippen molar-refractivity contribution in [2.45, 2.75) is 11.6 Å². The van der Waals surface area contributed by atoms with Crippen molar-refractivity contribution >= 4 is 27.5 Å². The van der Waals surface area contributed by atoms with Gasteiger partial charge in [0.15, 0.2) is 5.16 Å². The summed E-state index contributed by atoms with van der Waals surface area (Å²) in [6.45, 7) is 1.85. The minimum Gasteiger partial charge on any atom is -0.331 e. The van der Waals surface area contributed by atoms with Gasteiger partial charge in [0.05, 0.1) is 26.8 Å². The fraction of sp³-hybridized carbons (Fsp3) is 0.417.